The number of carbonyl (C=O) groups excluding carboxylic acids is 2. The standard InChI is InChI=1S/C15H29N3O2/c1-4-11(3)18-14(19)5-6-17-15(20)12-7-10(2)8-13(16)9-12/h10-13H,4-9,16H2,1-3H3,(H,17,20)(H,18,19). The third kappa shape index (κ3) is 5.90. The van der Waals surface area contributed by atoms with Gasteiger partial charge >= 0.3 is 0 Å². The molecule has 2 amide bonds. The molecule has 0 saturated heterocycles. The highest BCUT2D eigenvalue weighted by molar-refractivity contribution is 5.80. The summed E-state index contributed by atoms with van der Waals surface area (Å²) < 4.78 is 0. The fourth-order valence-electron chi connectivity index (χ4n) is 2.76. The van der Waals surface area contributed by atoms with E-state index in [0.717, 1.165) is 25.7 Å². The Bertz CT molecular complexity index is 323. The van der Waals surface area contributed by atoms with E-state index in [1.54, 1.807) is 0 Å². The van der Waals surface area contributed by atoms with Crippen LogP contribution in [0.15, 0.2) is 0 Å². The van der Waals surface area contributed by atoms with Gasteiger partial charge in [0.05, 0.1) is 0 Å². The number of amides is 2. The number of hydrogen-bond donors (Lipinski definition) is 3. The van der Waals surface area contributed by atoms with Gasteiger partial charge in [0.25, 0.3) is 0 Å². The first kappa shape index (κ1) is 17.0. The zero-order valence-electron chi connectivity index (χ0n) is 12.9. The third-order valence-electron chi connectivity index (χ3n) is 4.02. The molecular weight excluding hydrogens is 254 g/mol. The minimum absolute atomic E-state index is 0.00590. The third-order valence-corrected chi connectivity index (χ3v) is 4.02. The van der Waals surface area contributed by atoms with Crippen molar-refractivity contribution in [3.05, 3.63) is 0 Å². The first-order valence-electron chi connectivity index (χ1n) is 7.75. The van der Waals surface area contributed by atoms with Gasteiger partial charge in [-0.1, -0.05) is 13.8 Å². The smallest absolute Gasteiger partial charge is 0.223 e. The molecule has 0 heterocycles. The molecule has 4 N–H and O–H groups in total. The van der Waals surface area contributed by atoms with E-state index in [0.29, 0.717) is 18.9 Å². The lowest BCUT2D eigenvalue weighted by molar-refractivity contribution is -0.126. The molecule has 20 heavy (non-hydrogen) atoms. The van der Waals surface area contributed by atoms with Crippen LogP contribution in [0.5, 0.6) is 0 Å². The van der Waals surface area contributed by atoms with Crippen LogP contribution in [0.2, 0.25) is 0 Å². The van der Waals surface area contributed by atoms with Crippen molar-refractivity contribution in [2.75, 3.05) is 6.54 Å². The van der Waals surface area contributed by atoms with Gasteiger partial charge < -0.3 is 16.4 Å². The van der Waals surface area contributed by atoms with E-state index in [-0.39, 0.29) is 29.8 Å². The predicted molar refractivity (Wildman–Crippen MR) is 80.0 cm³/mol. The van der Waals surface area contributed by atoms with Crippen LogP contribution >= 0.6 is 0 Å². The van der Waals surface area contributed by atoms with Crippen molar-refractivity contribution in [1.82, 2.24) is 10.6 Å². The summed E-state index contributed by atoms with van der Waals surface area (Å²) in [5.41, 5.74) is 5.96. The van der Waals surface area contributed by atoms with Crippen molar-refractivity contribution in [3.63, 3.8) is 0 Å². The van der Waals surface area contributed by atoms with Crippen molar-refractivity contribution in [1.29, 1.82) is 0 Å². The molecule has 1 aliphatic rings. The largest absolute Gasteiger partial charge is 0.355 e. The average Bonchev–Trinajstić information content (AvgIpc) is 2.37. The molecule has 0 spiro atoms. The van der Waals surface area contributed by atoms with E-state index in [4.69, 9.17) is 5.73 Å². The Morgan fingerprint density at radius 3 is 2.60 bits per heavy atom. The number of carbonyl (C=O) groups is 2. The van der Waals surface area contributed by atoms with Crippen molar-refractivity contribution in [2.24, 2.45) is 17.6 Å². The maximum Gasteiger partial charge on any atom is 0.223 e. The van der Waals surface area contributed by atoms with E-state index in [2.05, 4.69) is 17.6 Å². The van der Waals surface area contributed by atoms with E-state index in [1.165, 1.54) is 0 Å². The Morgan fingerprint density at radius 1 is 1.30 bits per heavy atom. The minimum atomic E-state index is -0.00614. The predicted octanol–water partition coefficient (Wildman–Crippen LogP) is 1.17. The van der Waals surface area contributed by atoms with Gasteiger partial charge in [0, 0.05) is 31.0 Å². The van der Waals surface area contributed by atoms with E-state index in [9.17, 15) is 9.59 Å². The van der Waals surface area contributed by atoms with Gasteiger partial charge in [-0.05, 0) is 38.5 Å². The summed E-state index contributed by atoms with van der Waals surface area (Å²) in [4.78, 5) is 23.6. The fourth-order valence-corrected chi connectivity index (χ4v) is 2.76. The van der Waals surface area contributed by atoms with E-state index in [1.807, 2.05) is 13.8 Å². The fraction of sp³-hybridized carbons (Fsp3) is 0.867. The molecule has 1 aliphatic carbocycles. The summed E-state index contributed by atoms with van der Waals surface area (Å²) in [6, 6.07) is 0.318. The molecule has 0 radical (unpaired) electrons. The van der Waals surface area contributed by atoms with E-state index < -0.39 is 0 Å². The van der Waals surface area contributed by atoms with Crippen molar-refractivity contribution < 1.29 is 9.59 Å². The van der Waals surface area contributed by atoms with Gasteiger partial charge in [0.2, 0.25) is 11.8 Å². The van der Waals surface area contributed by atoms with Crippen LogP contribution in [0.3, 0.4) is 0 Å². The van der Waals surface area contributed by atoms with Gasteiger partial charge in [-0.15, -0.1) is 0 Å². The Labute approximate surface area is 122 Å². The van der Waals surface area contributed by atoms with Crippen molar-refractivity contribution >= 4 is 11.8 Å². The molecule has 0 bridgehead atoms. The lowest BCUT2D eigenvalue weighted by atomic mass is 9.79. The van der Waals surface area contributed by atoms with Gasteiger partial charge in [0.15, 0.2) is 0 Å². The molecule has 5 heteroatoms. The Balaban J connectivity index is 2.24. The molecule has 1 saturated carbocycles. The highest BCUT2D eigenvalue weighted by Gasteiger charge is 2.29. The van der Waals surface area contributed by atoms with Gasteiger partial charge in [-0.3, -0.25) is 9.59 Å². The minimum Gasteiger partial charge on any atom is -0.355 e. The molecule has 0 aromatic heterocycles. The number of rotatable bonds is 6. The van der Waals surface area contributed by atoms with Crippen molar-refractivity contribution in [2.45, 2.75) is 65.0 Å². The first-order chi connectivity index (χ1) is 9.42. The quantitative estimate of drug-likeness (QED) is 0.684. The van der Waals surface area contributed by atoms with E-state index >= 15 is 0 Å². The SMILES string of the molecule is CCC(C)NC(=O)CCNC(=O)C1CC(C)CC(N)C1. The summed E-state index contributed by atoms with van der Waals surface area (Å²) in [5.74, 6) is 0.547. The molecule has 4 atom stereocenters. The molecule has 5 nitrogen and oxygen atoms in total. The Hall–Kier alpha value is -1.10. The topological polar surface area (TPSA) is 84.2 Å². The number of nitrogens with two attached hydrogens (primary N) is 1. The molecule has 1 fully saturated rings. The summed E-state index contributed by atoms with van der Waals surface area (Å²) in [5, 5.41) is 5.75. The lowest BCUT2D eigenvalue weighted by Gasteiger charge is -2.30. The van der Waals surface area contributed by atoms with Crippen LogP contribution < -0.4 is 16.4 Å². The molecule has 0 aromatic rings. The maximum absolute atomic E-state index is 12.1. The average molecular weight is 283 g/mol. The molecule has 116 valence electrons. The zero-order valence-corrected chi connectivity index (χ0v) is 12.9. The van der Waals surface area contributed by atoms with Crippen molar-refractivity contribution in [3.8, 4) is 0 Å². The summed E-state index contributed by atoms with van der Waals surface area (Å²) >= 11 is 0. The second-order valence-electron chi connectivity index (χ2n) is 6.19. The summed E-state index contributed by atoms with van der Waals surface area (Å²) in [7, 11) is 0. The van der Waals surface area contributed by atoms with Crippen LogP contribution in [0.4, 0.5) is 0 Å². The van der Waals surface area contributed by atoms with Crippen LogP contribution in [0, 0.1) is 11.8 Å². The monoisotopic (exact) mass is 283 g/mol. The van der Waals surface area contributed by atoms with Gasteiger partial charge in [-0.25, -0.2) is 0 Å². The molecular formula is C15H29N3O2. The van der Waals surface area contributed by atoms with Gasteiger partial charge in [-0.2, -0.15) is 0 Å². The summed E-state index contributed by atoms with van der Waals surface area (Å²) in [6.45, 7) is 6.54. The highest BCUT2D eigenvalue weighted by atomic mass is 16.2. The highest BCUT2D eigenvalue weighted by Crippen LogP contribution is 2.27. The molecule has 0 aliphatic heterocycles. The zero-order chi connectivity index (χ0) is 15.1. The van der Waals surface area contributed by atoms with Crippen LogP contribution in [0.1, 0.15) is 52.9 Å². The van der Waals surface area contributed by atoms with Crippen LogP contribution in [-0.2, 0) is 9.59 Å². The molecule has 4 unspecified atom stereocenters. The molecule has 1 rings (SSSR count). The molecule has 0 aromatic carbocycles. The second kappa shape index (κ2) is 8.25. The number of hydrogen-bond acceptors (Lipinski definition) is 3. The first-order valence-corrected chi connectivity index (χ1v) is 7.75. The normalized spacial score (nSPS) is 27.7. The van der Waals surface area contributed by atoms with Crippen LogP contribution in [-0.4, -0.2) is 30.4 Å². The maximum atomic E-state index is 12.1. The number of nitrogens with one attached hydrogen (secondary N) is 2. The summed E-state index contributed by atoms with van der Waals surface area (Å²) in [6.07, 6.45) is 3.91. The second-order valence-corrected chi connectivity index (χ2v) is 6.19. The lowest BCUT2D eigenvalue weighted by Crippen LogP contribution is -2.41. The van der Waals surface area contributed by atoms with Crippen LogP contribution in [0.25, 0.3) is 0 Å². The Morgan fingerprint density at radius 2 is 2.00 bits per heavy atom. The Kier molecular flexibility index (Phi) is 6.99. The van der Waals surface area contributed by atoms with Gasteiger partial charge in [0.1, 0.15) is 0 Å².